The maximum absolute atomic E-state index is 9.12. The molecule has 1 rings (SSSR count). The Bertz CT molecular complexity index is 311. The monoisotopic (exact) mass is 212 g/mol. The summed E-state index contributed by atoms with van der Waals surface area (Å²) in [7, 11) is 1.56. The summed E-state index contributed by atoms with van der Waals surface area (Å²) in [5.41, 5.74) is 1.07. The number of aliphatic hydroxyl groups is 2. The molecule has 0 heterocycles. The highest BCUT2D eigenvalue weighted by atomic mass is 16.5. The normalized spacial score (nSPS) is 12.3. The van der Waals surface area contributed by atoms with Crippen LogP contribution in [0, 0.1) is 6.92 Å². The van der Waals surface area contributed by atoms with Crippen molar-refractivity contribution in [2.45, 2.75) is 13.0 Å². The third-order valence-electron chi connectivity index (χ3n) is 1.96. The van der Waals surface area contributed by atoms with Crippen molar-refractivity contribution in [1.29, 1.82) is 0 Å². The number of aryl methyl sites for hydroxylation is 1. The van der Waals surface area contributed by atoms with Gasteiger partial charge in [-0.25, -0.2) is 0 Å². The first kappa shape index (κ1) is 11.8. The molecule has 4 nitrogen and oxygen atoms in total. The maximum Gasteiger partial charge on any atom is 0.161 e. The minimum atomic E-state index is -0.865. The van der Waals surface area contributed by atoms with Crippen LogP contribution in [0.25, 0.3) is 0 Å². The first-order valence-electron chi connectivity index (χ1n) is 4.73. The van der Waals surface area contributed by atoms with Gasteiger partial charge in [0, 0.05) is 0 Å². The van der Waals surface area contributed by atoms with Crippen LogP contribution in [0.15, 0.2) is 18.2 Å². The third kappa shape index (κ3) is 3.42. The van der Waals surface area contributed by atoms with Gasteiger partial charge in [-0.05, 0) is 24.6 Å². The molecule has 0 aromatic heterocycles. The van der Waals surface area contributed by atoms with E-state index in [2.05, 4.69) is 0 Å². The van der Waals surface area contributed by atoms with E-state index in [1.165, 1.54) is 0 Å². The first-order chi connectivity index (χ1) is 7.17. The van der Waals surface area contributed by atoms with Crippen LogP contribution in [0.4, 0.5) is 0 Å². The van der Waals surface area contributed by atoms with Crippen LogP contribution < -0.4 is 9.47 Å². The van der Waals surface area contributed by atoms with Gasteiger partial charge in [0.05, 0.1) is 13.7 Å². The summed E-state index contributed by atoms with van der Waals surface area (Å²) in [5, 5.41) is 17.7. The molecular weight excluding hydrogens is 196 g/mol. The second kappa shape index (κ2) is 5.58. The molecule has 4 heteroatoms. The van der Waals surface area contributed by atoms with Crippen LogP contribution in [0.3, 0.4) is 0 Å². The van der Waals surface area contributed by atoms with Gasteiger partial charge in [-0.15, -0.1) is 0 Å². The standard InChI is InChI=1S/C11H16O4/c1-8-3-4-10(11(5-8)14-2)15-7-9(13)6-12/h3-5,9,12-13H,6-7H2,1-2H3/t9-/m1/s1. The van der Waals surface area contributed by atoms with E-state index >= 15 is 0 Å². The van der Waals surface area contributed by atoms with Gasteiger partial charge >= 0.3 is 0 Å². The lowest BCUT2D eigenvalue weighted by Gasteiger charge is -2.13. The second-order valence-corrected chi connectivity index (χ2v) is 3.30. The number of benzene rings is 1. The second-order valence-electron chi connectivity index (χ2n) is 3.30. The molecule has 1 atom stereocenters. The molecule has 0 aliphatic rings. The van der Waals surface area contributed by atoms with Crippen LogP contribution in [0.1, 0.15) is 5.56 Å². The molecule has 0 unspecified atom stereocenters. The average molecular weight is 212 g/mol. The van der Waals surface area contributed by atoms with Gasteiger partial charge in [-0.2, -0.15) is 0 Å². The fraction of sp³-hybridized carbons (Fsp3) is 0.455. The highest BCUT2D eigenvalue weighted by Crippen LogP contribution is 2.27. The lowest BCUT2D eigenvalue weighted by atomic mass is 10.2. The van der Waals surface area contributed by atoms with E-state index in [4.69, 9.17) is 19.7 Å². The molecule has 2 N–H and O–H groups in total. The van der Waals surface area contributed by atoms with E-state index in [0.717, 1.165) is 5.56 Å². The topological polar surface area (TPSA) is 58.9 Å². The van der Waals surface area contributed by atoms with Crippen molar-refractivity contribution in [2.75, 3.05) is 20.3 Å². The van der Waals surface area contributed by atoms with E-state index in [9.17, 15) is 0 Å². The summed E-state index contributed by atoms with van der Waals surface area (Å²) in [5.74, 6) is 1.19. The number of hydrogen-bond acceptors (Lipinski definition) is 4. The Morgan fingerprint density at radius 1 is 1.33 bits per heavy atom. The zero-order valence-corrected chi connectivity index (χ0v) is 8.93. The predicted molar refractivity (Wildman–Crippen MR) is 56.3 cm³/mol. The van der Waals surface area contributed by atoms with Gasteiger partial charge in [0.15, 0.2) is 11.5 Å². The van der Waals surface area contributed by atoms with Gasteiger partial charge in [0.25, 0.3) is 0 Å². The number of rotatable bonds is 5. The molecule has 15 heavy (non-hydrogen) atoms. The average Bonchev–Trinajstić information content (AvgIpc) is 2.26. The number of methoxy groups -OCH3 is 1. The lowest BCUT2D eigenvalue weighted by Crippen LogP contribution is -2.21. The molecule has 0 saturated heterocycles. The van der Waals surface area contributed by atoms with Gasteiger partial charge in [0.1, 0.15) is 12.7 Å². The van der Waals surface area contributed by atoms with Crippen LogP contribution in [-0.4, -0.2) is 36.6 Å². The molecule has 0 amide bonds. The van der Waals surface area contributed by atoms with Crippen molar-refractivity contribution in [3.63, 3.8) is 0 Å². The molecule has 0 spiro atoms. The van der Waals surface area contributed by atoms with E-state index in [1.807, 2.05) is 19.1 Å². The Labute approximate surface area is 89.1 Å². The molecule has 84 valence electrons. The predicted octanol–water partition coefficient (Wildman–Crippen LogP) is 0.736. The number of aliphatic hydroxyl groups excluding tert-OH is 2. The SMILES string of the molecule is COc1cc(C)ccc1OC[C@H](O)CO. The molecular formula is C11H16O4. The number of hydrogen-bond donors (Lipinski definition) is 2. The maximum atomic E-state index is 9.12. The van der Waals surface area contributed by atoms with Crippen molar-refractivity contribution in [3.8, 4) is 11.5 Å². The highest BCUT2D eigenvalue weighted by molar-refractivity contribution is 5.42. The van der Waals surface area contributed by atoms with Crippen molar-refractivity contribution < 1.29 is 19.7 Å². The summed E-state index contributed by atoms with van der Waals surface area (Å²) >= 11 is 0. The van der Waals surface area contributed by atoms with Crippen molar-refractivity contribution in [1.82, 2.24) is 0 Å². The van der Waals surface area contributed by atoms with Gasteiger partial charge < -0.3 is 19.7 Å². The zero-order valence-electron chi connectivity index (χ0n) is 8.93. The largest absolute Gasteiger partial charge is 0.493 e. The number of ether oxygens (including phenoxy) is 2. The molecule has 0 saturated carbocycles. The minimum absolute atomic E-state index is 0.0515. The van der Waals surface area contributed by atoms with Crippen molar-refractivity contribution in [3.05, 3.63) is 23.8 Å². The smallest absolute Gasteiger partial charge is 0.161 e. The Morgan fingerprint density at radius 2 is 2.07 bits per heavy atom. The summed E-state index contributed by atoms with van der Waals surface area (Å²) in [4.78, 5) is 0. The lowest BCUT2D eigenvalue weighted by molar-refractivity contribution is 0.0527. The van der Waals surface area contributed by atoms with Crippen LogP contribution >= 0.6 is 0 Å². The van der Waals surface area contributed by atoms with Crippen LogP contribution in [0.2, 0.25) is 0 Å². The molecule has 0 aliphatic carbocycles. The molecule has 0 radical (unpaired) electrons. The first-order valence-corrected chi connectivity index (χ1v) is 4.73. The summed E-state index contributed by atoms with van der Waals surface area (Å²) in [6.45, 7) is 1.69. The Kier molecular flexibility index (Phi) is 4.39. The minimum Gasteiger partial charge on any atom is -0.493 e. The summed E-state index contributed by atoms with van der Waals surface area (Å²) in [6.07, 6.45) is -0.865. The summed E-state index contributed by atoms with van der Waals surface area (Å²) in [6, 6.07) is 5.52. The molecule has 1 aromatic carbocycles. The molecule has 1 aromatic rings. The van der Waals surface area contributed by atoms with E-state index in [1.54, 1.807) is 13.2 Å². The molecule has 0 aliphatic heterocycles. The van der Waals surface area contributed by atoms with Gasteiger partial charge in [0.2, 0.25) is 0 Å². The Hall–Kier alpha value is -1.26. The van der Waals surface area contributed by atoms with Crippen LogP contribution in [-0.2, 0) is 0 Å². The molecule has 0 fully saturated rings. The van der Waals surface area contributed by atoms with Crippen molar-refractivity contribution in [2.24, 2.45) is 0 Å². The fourth-order valence-corrected chi connectivity index (χ4v) is 1.13. The van der Waals surface area contributed by atoms with Crippen molar-refractivity contribution >= 4 is 0 Å². The summed E-state index contributed by atoms with van der Waals surface area (Å²) < 4.78 is 10.4. The highest BCUT2D eigenvalue weighted by Gasteiger charge is 2.07. The van der Waals surface area contributed by atoms with Gasteiger partial charge in [-0.1, -0.05) is 6.07 Å². The van der Waals surface area contributed by atoms with Crippen LogP contribution in [0.5, 0.6) is 11.5 Å². The zero-order chi connectivity index (χ0) is 11.3. The molecule has 0 bridgehead atoms. The van der Waals surface area contributed by atoms with E-state index in [-0.39, 0.29) is 13.2 Å². The van der Waals surface area contributed by atoms with Gasteiger partial charge in [-0.3, -0.25) is 0 Å². The van der Waals surface area contributed by atoms with E-state index in [0.29, 0.717) is 11.5 Å². The quantitative estimate of drug-likeness (QED) is 0.755. The third-order valence-corrected chi connectivity index (χ3v) is 1.96. The fourth-order valence-electron chi connectivity index (χ4n) is 1.13. The Morgan fingerprint density at radius 3 is 2.67 bits per heavy atom. The van der Waals surface area contributed by atoms with E-state index < -0.39 is 6.10 Å². The Balaban J connectivity index is 2.67.